The fraction of sp³-hybridized carbons (Fsp3) is 0.478. The van der Waals surface area contributed by atoms with Gasteiger partial charge in [0.25, 0.3) is 0 Å². The van der Waals surface area contributed by atoms with Gasteiger partial charge in [-0.3, -0.25) is 24.0 Å². The van der Waals surface area contributed by atoms with Gasteiger partial charge in [-0.05, 0) is 26.3 Å². The van der Waals surface area contributed by atoms with Crippen molar-refractivity contribution in [1.82, 2.24) is 10.5 Å². The molecule has 0 aliphatic rings. The minimum atomic E-state index is -1.08. The second kappa shape index (κ2) is 19.9. The lowest BCUT2D eigenvalue weighted by Crippen LogP contribution is -2.41. The molecule has 0 aliphatic heterocycles. The van der Waals surface area contributed by atoms with Crippen LogP contribution in [0.5, 0.6) is 0 Å². The lowest BCUT2D eigenvalue weighted by atomic mass is 10.0. The number of aromatic nitrogens is 1. The maximum Gasteiger partial charge on any atom is 0.303 e. The number of aliphatic carboxylic acids is 2. The van der Waals surface area contributed by atoms with Crippen LogP contribution < -0.4 is 11.1 Å². The van der Waals surface area contributed by atoms with Gasteiger partial charge < -0.3 is 25.8 Å². The number of nitrogens with zero attached hydrogens (tertiary/aromatic N) is 1. The number of primary amides is 1. The van der Waals surface area contributed by atoms with Crippen molar-refractivity contribution < 1.29 is 38.7 Å². The molecule has 1 atom stereocenters. The zero-order valence-corrected chi connectivity index (χ0v) is 19.9. The second-order valence-electron chi connectivity index (χ2n) is 6.86. The van der Waals surface area contributed by atoms with Crippen LogP contribution in [0, 0.1) is 0 Å². The Bertz CT molecular complexity index is 830. The van der Waals surface area contributed by atoms with Gasteiger partial charge in [-0.1, -0.05) is 24.2 Å². The third kappa shape index (κ3) is 19.0. The summed E-state index contributed by atoms with van der Waals surface area (Å²) in [6, 6.07) is 0.735. The summed E-state index contributed by atoms with van der Waals surface area (Å²) < 4.78 is 5.09. The number of carboxylic acids is 2. The van der Waals surface area contributed by atoms with Crippen LogP contribution in [0.3, 0.4) is 0 Å². The zero-order chi connectivity index (χ0) is 26.5. The molecule has 0 bridgehead atoms. The van der Waals surface area contributed by atoms with Gasteiger partial charge in [0.05, 0.1) is 6.04 Å². The Hall–Kier alpha value is -3.76. The molecule has 1 heterocycles. The van der Waals surface area contributed by atoms with E-state index in [2.05, 4.69) is 17.1 Å². The fourth-order valence-electron chi connectivity index (χ4n) is 2.20. The standard InChI is InChI=1S/C17H23N3O6.C3H6O2.C3H6/c1-2-3-11-10-12(26-20-11)4-8-16(23)19-13(5-9-17(24)25)14(21)6-7-15(18)22;1-2-3(4)5;1-3-2/h2-3,10,13H,4-9H2,1H3,(H2,18,22)(H,19,23)(H,24,25);2H2,1H3,(H,4,5);3H,1H2,2H3/b3-2+;;/t13-;;/m0../s1. The van der Waals surface area contributed by atoms with E-state index in [0.29, 0.717) is 11.5 Å². The minimum absolute atomic E-state index is 0.0492. The van der Waals surface area contributed by atoms with Crippen LogP contribution >= 0.6 is 0 Å². The van der Waals surface area contributed by atoms with E-state index in [4.69, 9.17) is 20.5 Å². The average molecular weight is 482 g/mol. The van der Waals surface area contributed by atoms with Gasteiger partial charge in [-0.15, -0.1) is 6.58 Å². The molecule has 0 saturated carbocycles. The molecule has 0 spiro atoms. The van der Waals surface area contributed by atoms with Crippen LogP contribution in [-0.2, 0) is 30.4 Å². The van der Waals surface area contributed by atoms with Gasteiger partial charge in [-0.25, -0.2) is 0 Å². The summed E-state index contributed by atoms with van der Waals surface area (Å²) in [6.07, 6.45) is 5.26. The summed E-state index contributed by atoms with van der Waals surface area (Å²) in [7, 11) is 0. The number of carbonyl (C=O) groups excluding carboxylic acids is 3. The number of carboxylic acid groups (broad SMARTS) is 2. The Kier molecular flexibility index (Phi) is 19.0. The smallest absolute Gasteiger partial charge is 0.303 e. The van der Waals surface area contributed by atoms with E-state index in [1.165, 1.54) is 0 Å². The first kappa shape index (κ1) is 32.4. The Balaban J connectivity index is 0. The maximum atomic E-state index is 12.1. The van der Waals surface area contributed by atoms with Gasteiger partial charge in [-0.2, -0.15) is 0 Å². The highest BCUT2D eigenvalue weighted by atomic mass is 16.5. The number of hydrogen-bond donors (Lipinski definition) is 4. The first-order chi connectivity index (χ1) is 16.0. The SMILES string of the molecule is C/C=C/c1cc(CCC(=O)N[C@@H](CCC(=O)O)C(=O)CCC(N)=O)on1.C=CC.CCC(=O)O. The van der Waals surface area contributed by atoms with Crippen molar-refractivity contribution in [3.63, 3.8) is 0 Å². The fourth-order valence-corrected chi connectivity index (χ4v) is 2.20. The van der Waals surface area contributed by atoms with Crippen molar-refractivity contribution in [3.05, 3.63) is 36.3 Å². The number of aryl methyl sites for hydroxylation is 1. The number of allylic oxidation sites excluding steroid dienone is 2. The molecule has 11 nitrogen and oxygen atoms in total. The summed E-state index contributed by atoms with van der Waals surface area (Å²) >= 11 is 0. The maximum absolute atomic E-state index is 12.1. The van der Waals surface area contributed by atoms with E-state index < -0.39 is 35.6 Å². The molecule has 0 aliphatic carbocycles. The predicted molar refractivity (Wildman–Crippen MR) is 126 cm³/mol. The topological polar surface area (TPSA) is 190 Å². The number of hydrogen-bond acceptors (Lipinski definition) is 7. The van der Waals surface area contributed by atoms with Crippen molar-refractivity contribution in [2.45, 2.75) is 71.8 Å². The molecule has 0 radical (unpaired) electrons. The third-order valence-corrected chi connectivity index (χ3v) is 3.80. The van der Waals surface area contributed by atoms with E-state index >= 15 is 0 Å². The van der Waals surface area contributed by atoms with Crippen molar-refractivity contribution in [1.29, 1.82) is 0 Å². The van der Waals surface area contributed by atoms with Crippen LogP contribution in [0.4, 0.5) is 0 Å². The summed E-state index contributed by atoms with van der Waals surface area (Å²) in [5, 5.41) is 22.8. The Morgan fingerprint density at radius 1 is 1.12 bits per heavy atom. The summed E-state index contributed by atoms with van der Waals surface area (Å²) in [5.74, 6) is -2.78. The molecule has 1 aromatic rings. The third-order valence-electron chi connectivity index (χ3n) is 3.80. The Labute approximate surface area is 199 Å². The highest BCUT2D eigenvalue weighted by molar-refractivity contribution is 5.91. The molecule has 2 amide bonds. The molecular formula is C23H35N3O8. The van der Waals surface area contributed by atoms with E-state index in [1.54, 1.807) is 31.2 Å². The van der Waals surface area contributed by atoms with Crippen LogP contribution in [0.2, 0.25) is 0 Å². The van der Waals surface area contributed by atoms with Crippen molar-refractivity contribution in [2.24, 2.45) is 5.73 Å². The van der Waals surface area contributed by atoms with Crippen molar-refractivity contribution in [2.75, 3.05) is 0 Å². The Morgan fingerprint density at radius 2 is 1.71 bits per heavy atom. The number of amides is 2. The molecule has 5 N–H and O–H groups in total. The second-order valence-corrected chi connectivity index (χ2v) is 6.86. The monoisotopic (exact) mass is 481 g/mol. The molecule has 34 heavy (non-hydrogen) atoms. The average Bonchev–Trinajstić information content (AvgIpc) is 3.22. The quantitative estimate of drug-likeness (QED) is 0.307. The first-order valence-electron chi connectivity index (χ1n) is 10.7. The molecule has 0 aromatic carbocycles. The van der Waals surface area contributed by atoms with Gasteiger partial charge in [0.2, 0.25) is 11.8 Å². The number of ketones is 1. The highest BCUT2D eigenvalue weighted by Gasteiger charge is 2.22. The number of nitrogens with one attached hydrogen (secondary N) is 1. The Morgan fingerprint density at radius 3 is 2.18 bits per heavy atom. The van der Waals surface area contributed by atoms with Gasteiger partial charge in [0.1, 0.15) is 11.5 Å². The molecule has 11 heteroatoms. The van der Waals surface area contributed by atoms with Crippen molar-refractivity contribution in [3.8, 4) is 0 Å². The number of rotatable bonds is 13. The lowest BCUT2D eigenvalue weighted by Gasteiger charge is -2.16. The number of Topliss-reactive ketones (excluding diaryl/α,β-unsaturated/α-hetero) is 1. The minimum Gasteiger partial charge on any atom is -0.481 e. The zero-order valence-electron chi connectivity index (χ0n) is 19.9. The van der Waals surface area contributed by atoms with E-state index in [0.717, 1.165) is 0 Å². The van der Waals surface area contributed by atoms with Crippen molar-refractivity contribution >= 4 is 35.6 Å². The molecule has 1 aromatic heterocycles. The number of nitrogens with two attached hydrogens (primary N) is 1. The van der Waals surface area contributed by atoms with Crippen LogP contribution in [-0.4, -0.2) is 50.9 Å². The molecule has 0 fully saturated rings. The predicted octanol–water partition coefficient (Wildman–Crippen LogP) is 2.50. The largest absolute Gasteiger partial charge is 0.481 e. The van der Waals surface area contributed by atoms with Gasteiger partial charge in [0, 0.05) is 44.6 Å². The van der Waals surface area contributed by atoms with E-state index in [1.807, 2.05) is 13.8 Å². The molecule has 190 valence electrons. The van der Waals surface area contributed by atoms with Crippen LogP contribution in [0.15, 0.2) is 29.3 Å². The summed E-state index contributed by atoms with van der Waals surface area (Å²) in [4.78, 5) is 55.0. The molecule has 0 unspecified atom stereocenters. The first-order valence-corrected chi connectivity index (χ1v) is 10.7. The highest BCUT2D eigenvalue weighted by Crippen LogP contribution is 2.09. The normalized spacial score (nSPS) is 10.7. The van der Waals surface area contributed by atoms with E-state index in [9.17, 15) is 24.0 Å². The van der Waals surface area contributed by atoms with E-state index in [-0.39, 0.29) is 44.9 Å². The number of carbonyl (C=O) groups is 5. The van der Waals surface area contributed by atoms with Gasteiger partial charge in [0.15, 0.2) is 5.78 Å². The van der Waals surface area contributed by atoms with Crippen LogP contribution in [0.1, 0.15) is 70.8 Å². The summed E-state index contributed by atoms with van der Waals surface area (Å²) in [6.45, 7) is 8.69. The van der Waals surface area contributed by atoms with Gasteiger partial charge >= 0.3 is 11.9 Å². The molecule has 0 saturated heterocycles. The lowest BCUT2D eigenvalue weighted by molar-refractivity contribution is -0.138. The molecular weight excluding hydrogens is 446 g/mol. The molecule has 1 rings (SSSR count). The summed E-state index contributed by atoms with van der Waals surface area (Å²) in [5.41, 5.74) is 5.65. The van der Waals surface area contributed by atoms with Crippen LogP contribution in [0.25, 0.3) is 6.08 Å².